The van der Waals surface area contributed by atoms with E-state index in [9.17, 15) is 9.59 Å². The fourth-order valence-electron chi connectivity index (χ4n) is 4.06. The van der Waals surface area contributed by atoms with E-state index in [4.69, 9.17) is 4.74 Å². The van der Waals surface area contributed by atoms with Gasteiger partial charge < -0.3 is 15.0 Å². The summed E-state index contributed by atoms with van der Waals surface area (Å²) < 4.78 is 5.20. The van der Waals surface area contributed by atoms with E-state index in [1.807, 2.05) is 35.2 Å². The molecule has 140 valence electrons. The quantitative estimate of drug-likeness (QED) is 0.904. The molecule has 1 atom stereocenters. The number of anilines is 1. The summed E-state index contributed by atoms with van der Waals surface area (Å²) in [5.41, 5.74) is 1.38. The van der Waals surface area contributed by atoms with Gasteiger partial charge in [0.05, 0.1) is 7.11 Å². The van der Waals surface area contributed by atoms with Crippen LogP contribution in [0.25, 0.3) is 0 Å². The normalized spacial score (nSPS) is 20.2. The molecule has 1 aromatic heterocycles. The van der Waals surface area contributed by atoms with Gasteiger partial charge in [-0.3, -0.25) is 9.59 Å². The van der Waals surface area contributed by atoms with E-state index in [2.05, 4.69) is 10.3 Å². The molecule has 2 aromatic rings. The Hall–Kier alpha value is -2.89. The van der Waals surface area contributed by atoms with Gasteiger partial charge >= 0.3 is 0 Å². The Morgan fingerprint density at radius 2 is 1.89 bits per heavy atom. The fraction of sp³-hybridized carbons (Fsp3) is 0.381. The zero-order valence-corrected chi connectivity index (χ0v) is 15.4. The third-order valence-corrected chi connectivity index (χ3v) is 5.79. The van der Waals surface area contributed by atoms with Crippen LogP contribution < -0.4 is 10.1 Å². The van der Waals surface area contributed by atoms with Crippen LogP contribution in [0.4, 0.5) is 5.69 Å². The van der Waals surface area contributed by atoms with Gasteiger partial charge in [-0.05, 0) is 48.9 Å². The highest BCUT2D eigenvalue weighted by molar-refractivity contribution is 5.97. The van der Waals surface area contributed by atoms with Crippen LogP contribution in [0.2, 0.25) is 0 Å². The molecule has 4 rings (SSSR count). The third-order valence-electron chi connectivity index (χ3n) is 5.79. The lowest BCUT2D eigenvalue weighted by atomic mass is 9.90. The summed E-state index contributed by atoms with van der Waals surface area (Å²) in [5, 5.41) is 3.01. The second-order valence-electron chi connectivity index (χ2n) is 7.33. The third kappa shape index (κ3) is 3.39. The van der Waals surface area contributed by atoms with Gasteiger partial charge in [0.2, 0.25) is 11.8 Å². The lowest BCUT2D eigenvalue weighted by Gasteiger charge is -2.33. The molecule has 1 aliphatic heterocycles. The molecule has 1 N–H and O–H groups in total. The summed E-state index contributed by atoms with van der Waals surface area (Å²) in [6.45, 7) is 1.32. The minimum absolute atomic E-state index is 0.0443. The standard InChI is InChI=1S/C21H23N3O3/c1-27-19-16(8-5-11-22-19)20(26)24-12-9-21(10-13-24)14-17(21)18(25)23-15-6-3-2-4-7-15/h2-8,11,17H,9-10,12-14H2,1H3,(H,23,25)/t17-/m1/s1. The topological polar surface area (TPSA) is 71.5 Å². The van der Waals surface area contributed by atoms with E-state index in [1.165, 1.54) is 7.11 Å². The summed E-state index contributed by atoms with van der Waals surface area (Å²) in [7, 11) is 1.52. The van der Waals surface area contributed by atoms with Crippen molar-refractivity contribution in [3.63, 3.8) is 0 Å². The van der Waals surface area contributed by atoms with E-state index in [0.717, 1.165) is 24.9 Å². The van der Waals surface area contributed by atoms with Gasteiger partial charge in [-0.1, -0.05) is 18.2 Å². The van der Waals surface area contributed by atoms with Crippen LogP contribution >= 0.6 is 0 Å². The first-order chi connectivity index (χ1) is 13.1. The van der Waals surface area contributed by atoms with Crippen molar-refractivity contribution < 1.29 is 14.3 Å². The second-order valence-corrected chi connectivity index (χ2v) is 7.33. The molecular weight excluding hydrogens is 342 g/mol. The molecule has 1 saturated heterocycles. The van der Waals surface area contributed by atoms with Crippen molar-refractivity contribution in [1.29, 1.82) is 0 Å². The van der Waals surface area contributed by atoms with Crippen LogP contribution in [-0.4, -0.2) is 41.9 Å². The van der Waals surface area contributed by atoms with Crippen LogP contribution in [0.5, 0.6) is 5.88 Å². The maximum absolute atomic E-state index is 12.8. The van der Waals surface area contributed by atoms with Gasteiger partial charge in [0, 0.05) is 30.9 Å². The minimum atomic E-state index is -0.0549. The first-order valence-corrected chi connectivity index (χ1v) is 9.27. The van der Waals surface area contributed by atoms with Crippen LogP contribution in [0.1, 0.15) is 29.6 Å². The van der Waals surface area contributed by atoms with E-state index in [-0.39, 0.29) is 23.1 Å². The second kappa shape index (κ2) is 7.02. The maximum atomic E-state index is 12.8. The predicted molar refractivity (Wildman–Crippen MR) is 102 cm³/mol. The monoisotopic (exact) mass is 365 g/mol. The summed E-state index contributed by atoms with van der Waals surface area (Å²) in [6, 6.07) is 13.0. The van der Waals surface area contributed by atoms with Crippen molar-refractivity contribution >= 4 is 17.5 Å². The highest BCUT2D eigenvalue weighted by atomic mass is 16.5. The van der Waals surface area contributed by atoms with Crippen LogP contribution in [0, 0.1) is 11.3 Å². The molecule has 1 saturated carbocycles. The highest BCUT2D eigenvalue weighted by Gasteiger charge is 2.58. The van der Waals surface area contributed by atoms with Crippen LogP contribution in [0.3, 0.4) is 0 Å². The molecule has 6 nitrogen and oxygen atoms in total. The van der Waals surface area contributed by atoms with Crippen molar-refractivity contribution in [2.75, 3.05) is 25.5 Å². The van der Waals surface area contributed by atoms with Crippen molar-refractivity contribution in [2.45, 2.75) is 19.3 Å². The van der Waals surface area contributed by atoms with Crippen LogP contribution in [0.15, 0.2) is 48.7 Å². The number of hydrogen-bond donors (Lipinski definition) is 1. The number of aromatic nitrogens is 1. The molecule has 6 heteroatoms. The van der Waals surface area contributed by atoms with Gasteiger partial charge in [0.25, 0.3) is 5.91 Å². The molecule has 1 aromatic carbocycles. The number of likely N-dealkylation sites (tertiary alicyclic amines) is 1. The number of rotatable bonds is 4. The molecule has 1 spiro atoms. The Bertz CT molecular complexity index is 845. The molecular formula is C21H23N3O3. The number of methoxy groups -OCH3 is 1. The molecule has 0 bridgehead atoms. The summed E-state index contributed by atoms with van der Waals surface area (Å²) in [6.07, 6.45) is 4.23. The lowest BCUT2D eigenvalue weighted by Crippen LogP contribution is -2.40. The zero-order valence-electron chi connectivity index (χ0n) is 15.4. The zero-order chi connectivity index (χ0) is 18.9. The minimum Gasteiger partial charge on any atom is -0.480 e. The number of amides is 2. The number of carbonyl (C=O) groups is 2. The fourth-order valence-corrected chi connectivity index (χ4v) is 4.06. The molecule has 0 unspecified atom stereocenters. The maximum Gasteiger partial charge on any atom is 0.259 e. The number of hydrogen-bond acceptors (Lipinski definition) is 4. The molecule has 1 aliphatic carbocycles. The number of nitrogens with zero attached hydrogens (tertiary/aromatic N) is 2. The first kappa shape index (κ1) is 17.5. The molecule has 2 fully saturated rings. The Labute approximate surface area is 158 Å². The summed E-state index contributed by atoms with van der Waals surface area (Å²) in [5.74, 6) is 0.438. The van der Waals surface area contributed by atoms with E-state index in [0.29, 0.717) is 24.5 Å². The average Bonchev–Trinajstić information content (AvgIpc) is 3.42. The number of pyridine rings is 1. The molecule has 2 amide bonds. The van der Waals surface area contributed by atoms with Gasteiger partial charge in [-0.15, -0.1) is 0 Å². The smallest absolute Gasteiger partial charge is 0.259 e. The van der Waals surface area contributed by atoms with Crippen molar-refractivity contribution in [1.82, 2.24) is 9.88 Å². The number of carbonyl (C=O) groups excluding carboxylic acids is 2. The average molecular weight is 365 g/mol. The Kier molecular flexibility index (Phi) is 4.56. The SMILES string of the molecule is COc1ncccc1C(=O)N1CCC2(CC1)C[C@@H]2C(=O)Nc1ccccc1. The number of piperidine rings is 1. The molecule has 2 heterocycles. The van der Waals surface area contributed by atoms with Gasteiger partial charge in [0.1, 0.15) is 5.56 Å². The lowest BCUT2D eigenvalue weighted by molar-refractivity contribution is -0.118. The number of benzene rings is 1. The molecule has 27 heavy (non-hydrogen) atoms. The van der Waals surface area contributed by atoms with E-state index in [1.54, 1.807) is 18.3 Å². The van der Waals surface area contributed by atoms with Crippen molar-refractivity contribution in [3.8, 4) is 5.88 Å². The Morgan fingerprint density at radius 3 is 2.59 bits per heavy atom. The first-order valence-electron chi connectivity index (χ1n) is 9.27. The Morgan fingerprint density at radius 1 is 1.15 bits per heavy atom. The summed E-state index contributed by atoms with van der Waals surface area (Å²) >= 11 is 0. The number of nitrogens with one attached hydrogen (secondary N) is 1. The van der Waals surface area contributed by atoms with Crippen LogP contribution in [-0.2, 0) is 4.79 Å². The van der Waals surface area contributed by atoms with Gasteiger partial charge in [-0.25, -0.2) is 4.98 Å². The van der Waals surface area contributed by atoms with E-state index < -0.39 is 0 Å². The van der Waals surface area contributed by atoms with Crippen molar-refractivity contribution in [3.05, 3.63) is 54.2 Å². The van der Waals surface area contributed by atoms with Gasteiger partial charge in [-0.2, -0.15) is 0 Å². The largest absolute Gasteiger partial charge is 0.480 e. The highest BCUT2D eigenvalue weighted by Crippen LogP contribution is 2.59. The predicted octanol–water partition coefficient (Wildman–Crippen LogP) is 2.97. The van der Waals surface area contributed by atoms with Crippen molar-refractivity contribution in [2.24, 2.45) is 11.3 Å². The number of ether oxygens (including phenoxy) is 1. The van der Waals surface area contributed by atoms with Gasteiger partial charge in [0.15, 0.2) is 0 Å². The molecule has 0 radical (unpaired) electrons. The number of para-hydroxylation sites is 1. The summed E-state index contributed by atoms with van der Waals surface area (Å²) in [4.78, 5) is 31.3. The Balaban J connectivity index is 1.36. The van der Waals surface area contributed by atoms with E-state index >= 15 is 0 Å². The molecule has 2 aliphatic rings.